The van der Waals surface area contributed by atoms with Crippen LogP contribution in [0.1, 0.15) is 16.8 Å². The molecular formula is C26H18Cl3N3O. The molecule has 0 spiro atoms. The normalized spacial score (nSPS) is 13.2. The summed E-state index contributed by atoms with van der Waals surface area (Å²) in [5.41, 5.74) is 2.82. The van der Waals surface area contributed by atoms with Gasteiger partial charge >= 0.3 is 0 Å². The molecule has 2 aromatic heterocycles. The Morgan fingerprint density at radius 2 is 1.55 bits per heavy atom. The van der Waals surface area contributed by atoms with Gasteiger partial charge < -0.3 is 9.67 Å². The molecule has 33 heavy (non-hydrogen) atoms. The Bertz CT molecular complexity index is 1460. The van der Waals surface area contributed by atoms with Crippen LogP contribution < -0.4 is 0 Å². The molecule has 0 radical (unpaired) electrons. The number of aryl methyl sites for hydroxylation is 1. The number of halogens is 3. The largest absolute Gasteiger partial charge is 0.374 e. The summed E-state index contributed by atoms with van der Waals surface area (Å²) in [6, 6.07) is 20.2. The molecule has 2 heterocycles. The average molecular weight is 495 g/mol. The van der Waals surface area contributed by atoms with E-state index in [0.29, 0.717) is 31.9 Å². The van der Waals surface area contributed by atoms with Gasteiger partial charge in [-0.05, 0) is 53.6 Å². The predicted octanol–water partition coefficient (Wildman–Crippen LogP) is 6.88. The minimum absolute atomic E-state index is 0.548. The van der Waals surface area contributed by atoms with Crippen molar-refractivity contribution in [3.05, 3.63) is 117 Å². The highest BCUT2D eigenvalue weighted by atomic mass is 35.5. The van der Waals surface area contributed by atoms with E-state index >= 15 is 0 Å². The van der Waals surface area contributed by atoms with E-state index in [9.17, 15) is 5.11 Å². The highest BCUT2D eigenvalue weighted by Gasteiger charge is 2.36. The van der Waals surface area contributed by atoms with Gasteiger partial charge in [-0.25, -0.2) is 4.98 Å². The number of nitrogens with zero attached hydrogens (tertiary/aromatic N) is 3. The topological polar surface area (TPSA) is 50.9 Å². The van der Waals surface area contributed by atoms with Crippen molar-refractivity contribution in [2.45, 2.75) is 5.60 Å². The first-order chi connectivity index (χ1) is 15.9. The summed E-state index contributed by atoms with van der Waals surface area (Å²) >= 11 is 19.0. The standard InChI is InChI=1S/C26H18Cl3N3O/c1-32-15-30-14-24(32)26(33,18-5-8-20(27)9-6-18)19-7-10-23-16(12-19)11-17(13-31-23)25-21(28)3-2-4-22(25)29/h2-15,33H,1H3. The van der Waals surface area contributed by atoms with Gasteiger partial charge in [-0.2, -0.15) is 0 Å². The molecule has 1 unspecified atom stereocenters. The highest BCUT2D eigenvalue weighted by molar-refractivity contribution is 6.39. The molecule has 0 aliphatic carbocycles. The summed E-state index contributed by atoms with van der Waals surface area (Å²) in [4.78, 5) is 8.82. The Kier molecular flexibility index (Phi) is 5.63. The van der Waals surface area contributed by atoms with Gasteiger partial charge in [-0.3, -0.25) is 4.98 Å². The molecule has 0 fully saturated rings. The zero-order chi connectivity index (χ0) is 23.2. The van der Waals surface area contributed by atoms with Crippen LogP contribution in [0.2, 0.25) is 15.1 Å². The fourth-order valence-corrected chi connectivity index (χ4v) is 4.87. The van der Waals surface area contributed by atoms with Crippen LogP contribution in [0.3, 0.4) is 0 Å². The lowest BCUT2D eigenvalue weighted by Gasteiger charge is -2.30. The van der Waals surface area contributed by atoms with Crippen LogP contribution in [0.5, 0.6) is 0 Å². The van der Waals surface area contributed by atoms with Crippen LogP contribution in [-0.2, 0) is 12.6 Å². The SMILES string of the molecule is Cn1cncc1C(O)(c1ccc(Cl)cc1)c1ccc2ncc(-c3c(Cl)cccc3Cl)cc2c1. The maximum Gasteiger partial charge on any atom is 0.156 e. The van der Waals surface area contributed by atoms with Crippen molar-refractivity contribution in [1.82, 2.24) is 14.5 Å². The predicted molar refractivity (Wildman–Crippen MR) is 134 cm³/mol. The molecule has 3 aromatic carbocycles. The average Bonchev–Trinajstić information content (AvgIpc) is 3.25. The number of fused-ring (bicyclic) bond motifs is 1. The number of benzene rings is 3. The number of aliphatic hydroxyl groups is 1. The van der Waals surface area contributed by atoms with Gasteiger partial charge in [0, 0.05) is 44.8 Å². The molecule has 0 saturated heterocycles. The maximum atomic E-state index is 12.2. The lowest BCUT2D eigenvalue weighted by Crippen LogP contribution is -2.31. The van der Waals surface area contributed by atoms with E-state index < -0.39 is 5.60 Å². The molecule has 7 heteroatoms. The minimum Gasteiger partial charge on any atom is -0.374 e. The second-order valence-corrected chi connectivity index (χ2v) is 9.09. The lowest BCUT2D eigenvalue weighted by atomic mass is 9.83. The molecule has 164 valence electrons. The van der Waals surface area contributed by atoms with Gasteiger partial charge in [0.15, 0.2) is 5.60 Å². The first-order valence-corrected chi connectivity index (χ1v) is 11.3. The Hall–Kier alpha value is -2.89. The van der Waals surface area contributed by atoms with Crippen molar-refractivity contribution in [1.29, 1.82) is 0 Å². The van der Waals surface area contributed by atoms with Crippen LogP contribution in [0.15, 0.2) is 85.5 Å². The van der Waals surface area contributed by atoms with Crippen LogP contribution in [0, 0.1) is 0 Å². The molecule has 1 atom stereocenters. The van der Waals surface area contributed by atoms with Gasteiger partial charge in [0.2, 0.25) is 0 Å². The molecule has 5 rings (SSSR count). The van der Waals surface area contributed by atoms with E-state index in [0.717, 1.165) is 22.0 Å². The van der Waals surface area contributed by atoms with Gasteiger partial charge in [-0.15, -0.1) is 0 Å². The first-order valence-electron chi connectivity index (χ1n) is 10.2. The molecule has 4 nitrogen and oxygen atoms in total. The summed E-state index contributed by atoms with van der Waals surface area (Å²) in [5, 5.41) is 14.7. The van der Waals surface area contributed by atoms with Crippen LogP contribution in [-0.4, -0.2) is 19.6 Å². The summed E-state index contributed by atoms with van der Waals surface area (Å²) in [6.45, 7) is 0. The fraction of sp³-hybridized carbons (Fsp3) is 0.0769. The van der Waals surface area contributed by atoms with Gasteiger partial charge in [0.1, 0.15) is 0 Å². The number of imidazole rings is 1. The zero-order valence-corrected chi connectivity index (χ0v) is 19.8. The summed E-state index contributed by atoms with van der Waals surface area (Å²) in [5.74, 6) is 0. The van der Waals surface area contributed by atoms with Crippen molar-refractivity contribution in [3.8, 4) is 11.1 Å². The van der Waals surface area contributed by atoms with Gasteiger partial charge in [-0.1, -0.05) is 59.1 Å². The Balaban J connectivity index is 1.73. The summed E-state index contributed by atoms with van der Waals surface area (Å²) in [6.07, 6.45) is 5.08. The fourth-order valence-electron chi connectivity index (χ4n) is 4.13. The molecular weight excluding hydrogens is 477 g/mol. The minimum atomic E-state index is -1.46. The summed E-state index contributed by atoms with van der Waals surface area (Å²) in [7, 11) is 1.85. The number of aromatic nitrogens is 3. The Morgan fingerprint density at radius 1 is 0.848 bits per heavy atom. The van der Waals surface area contributed by atoms with Crippen LogP contribution >= 0.6 is 34.8 Å². The molecule has 0 aliphatic rings. The lowest BCUT2D eigenvalue weighted by molar-refractivity contribution is 0.117. The van der Waals surface area contributed by atoms with Crippen molar-refractivity contribution in [2.75, 3.05) is 0 Å². The van der Waals surface area contributed by atoms with Crippen molar-refractivity contribution < 1.29 is 5.11 Å². The third kappa shape index (κ3) is 3.79. The first kappa shape index (κ1) is 21.9. The quantitative estimate of drug-likeness (QED) is 0.296. The third-order valence-electron chi connectivity index (χ3n) is 5.80. The van der Waals surface area contributed by atoms with E-state index in [1.165, 1.54) is 0 Å². The Labute approximate surface area is 206 Å². The van der Waals surface area contributed by atoms with E-state index in [1.807, 2.05) is 43.4 Å². The number of rotatable bonds is 4. The maximum absolute atomic E-state index is 12.2. The molecule has 0 bridgehead atoms. The molecule has 5 aromatic rings. The third-order valence-corrected chi connectivity index (χ3v) is 6.68. The van der Waals surface area contributed by atoms with Crippen LogP contribution in [0.25, 0.3) is 22.0 Å². The summed E-state index contributed by atoms with van der Waals surface area (Å²) < 4.78 is 1.80. The molecule has 0 aliphatic heterocycles. The number of pyridine rings is 1. The van der Waals surface area contributed by atoms with Gasteiger partial charge in [0.25, 0.3) is 0 Å². The molecule has 0 saturated carbocycles. The van der Waals surface area contributed by atoms with Crippen molar-refractivity contribution >= 4 is 45.7 Å². The number of hydrogen-bond donors (Lipinski definition) is 1. The van der Waals surface area contributed by atoms with E-state index in [1.54, 1.807) is 53.6 Å². The van der Waals surface area contributed by atoms with E-state index in [2.05, 4.69) is 9.97 Å². The smallest absolute Gasteiger partial charge is 0.156 e. The number of hydrogen-bond acceptors (Lipinski definition) is 3. The van der Waals surface area contributed by atoms with Crippen LogP contribution in [0.4, 0.5) is 0 Å². The van der Waals surface area contributed by atoms with E-state index in [4.69, 9.17) is 34.8 Å². The second-order valence-electron chi connectivity index (χ2n) is 7.84. The van der Waals surface area contributed by atoms with Crippen molar-refractivity contribution in [3.63, 3.8) is 0 Å². The monoisotopic (exact) mass is 493 g/mol. The van der Waals surface area contributed by atoms with Gasteiger partial charge in [0.05, 0.1) is 23.7 Å². The van der Waals surface area contributed by atoms with E-state index in [-0.39, 0.29) is 0 Å². The zero-order valence-electron chi connectivity index (χ0n) is 17.5. The Morgan fingerprint density at radius 3 is 2.21 bits per heavy atom. The second kappa shape index (κ2) is 8.47. The highest BCUT2D eigenvalue weighted by Crippen LogP contribution is 2.39. The molecule has 0 amide bonds. The molecule has 1 N–H and O–H groups in total. The van der Waals surface area contributed by atoms with Crippen molar-refractivity contribution in [2.24, 2.45) is 7.05 Å².